The Morgan fingerprint density at radius 1 is 1.06 bits per heavy atom. The first-order valence-corrected chi connectivity index (χ1v) is 16.3. The smallest absolute Gasteiger partial charge is 0.348 e. The number of nitrogens with zero attached hydrogens (tertiary/aromatic N) is 3. The summed E-state index contributed by atoms with van der Waals surface area (Å²) in [5.74, 6) is -3.70. The summed E-state index contributed by atoms with van der Waals surface area (Å²) in [6.07, 6.45) is -2.70. The molecule has 2 heterocycles. The van der Waals surface area contributed by atoms with Gasteiger partial charge in [-0.25, -0.2) is 22.4 Å². The topological polar surface area (TPSA) is 105 Å². The number of carboxylic acid groups (broad SMARTS) is 1. The van der Waals surface area contributed by atoms with Crippen molar-refractivity contribution >= 4 is 11.9 Å². The zero-order valence-electron chi connectivity index (χ0n) is 28.2. The molecule has 0 unspecified atom stereocenters. The molecule has 8 nitrogen and oxygen atoms in total. The Labute approximate surface area is 278 Å². The van der Waals surface area contributed by atoms with Crippen molar-refractivity contribution in [2.45, 2.75) is 91.4 Å². The van der Waals surface area contributed by atoms with Crippen LogP contribution < -0.4 is 11.0 Å². The van der Waals surface area contributed by atoms with Gasteiger partial charge in [-0.05, 0) is 78.5 Å². The first-order valence-electron chi connectivity index (χ1n) is 16.3. The van der Waals surface area contributed by atoms with E-state index in [9.17, 15) is 32.7 Å². The van der Waals surface area contributed by atoms with E-state index >= 15 is 4.39 Å². The normalized spacial score (nSPS) is 15.2. The fourth-order valence-electron chi connectivity index (χ4n) is 6.38. The standard InChI is InChI=1S/C36H44F4N4O4/c1-19(2)12-29(44-16-23(10-11-43-17-25(37)18-43)33(20(3)4)42-36(44)48)35(47)41-28(15-30(45)46)26-13-24(14-27(32(26)38)34(39)40)31-21(5)8-7-9-22(31)6/h7-9,13-14,16,19-20,25,28-29,34H,10-12,15,17-18H2,1-6H3,(H,41,47)(H,45,46)/t28-,29-/m0/s1. The van der Waals surface area contributed by atoms with E-state index in [0.717, 1.165) is 17.2 Å². The van der Waals surface area contributed by atoms with Gasteiger partial charge in [0.25, 0.3) is 6.43 Å². The number of alkyl halides is 3. The van der Waals surface area contributed by atoms with E-state index in [1.807, 2.05) is 32.6 Å². The van der Waals surface area contributed by atoms with Crippen LogP contribution in [-0.2, 0) is 16.0 Å². The van der Waals surface area contributed by atoms with Gasteiger partial charge in [0.1, 0.15) is 18.0 Å². The molecule has 0 spiro atoms. The second-order valence-electron chi connectivity index (χ2n) is 13.4. The van der Waals surface area contributed by atoms with Crippen molar-refractivity contribution in [2.24, 2.45) is 5.92 Å². The van der Waals surface area contributed by atoms with E-state index in [4.69, 9.17) is 0 Å². The molecular weight excluding hydrogens is 628 g/mol. The van der Waals surface area contributed by atoms with Gasteiger partial charge < -0.3 is 10.4 Å². The molecule has 48 heavy (non-hydrogen) atoms. The van der Waals surface area contributed by atoms with E-state index in [2.05, 4.69) is 10.3 Å². The molecule has 1 aromatic heterocycles. The number of hydrogen-bond donors (Lipinski definition) is 2. The van der Waals surface area contributed by atoms with Gasteiger partial charge in [0.05, 0.1) is 23.7 Å². The number of carboxylic acids is 1. The lowest BCUT2D eigenvalue weighted by molar-refractivity contribution is -0.138. The number of benzene rings is 2. The fourth-order valence-corrected chi connectivity index (χ4v) is 6.38. The fraction of sp³-hybridized carbons (Fsp3) is 0.500. The minimum absolute atomic E-state index is 0.110. The Kier molecular flexibility index (Phi) is 11.8. The van der Waals surface area contributed by atoms with Crippen molar-refractivity contribution in [3.8, 4) is 11.1 Å². The molecule has 4 rings (SSSR count). The number of halogens is 4. The van der Waals surface area contributed by atoms with E-state index in [0.29, 0.717) is 42.9 Å². The number of likely N-dealkylation sites (tertiary alicyclic amines) is 1. The highest BCUT2D eigenvalue weighted by Crippen LogP contribution is 2.37. The van der Waals surface area contributed by atoms with Gasteiger partial charge in [-0.15, -0.1) is 0 Å². The molecule has 3 aromatic rings. The number of carbonyl (C=O) groups is 2. The summed E-state index contributed by atoms with van der Waals surface area (Å²) in [4.78, 5) is 45.8. The van der Waals surface area contributed by atoms with E-state index < -0.39 is 65.6 Å². The summed E-state index contributed by atoms with van der Waals surface area (Å²) in [5, 5.41) is 12.4. The lowest BCUT2D eigenvalue weighted by Gasteiger charge is -2.34. The van der Waals surface area contributed by atoms with Crippen molar-refractivity contribution < 1.29 is 32.3 Å². The van der Waals surface area contributed by atoms with Crippen LogP contribution in [0.1, 0.15) is 98.5 Å². The van der Waals surface area contributed by atoms with Crippen molar-refractivity contribution in [3.05, 3.63) is 86.3 Å². The number of hydrogen-bond acceptors (Lipinski definition) is 5. The quantitative estimate of drug-likeness (QED) is 0.182. The first-order chi connectivity index (χ1) is 22.6. The highest BCUT2D eigenvalue weighted by molar-refractivity contribution is 5.82. The second kappa shape index (κ2) is 15.4. The lowest BCUT2D eigenvalue weighted by Crippen LogP contribution is -2.49. The average molecular weight is 673 g/mol. The number of nitrogens with one attached hydrogen (secondary N) is 1. The monoisotopic (exact) mass is 672 g/mol. The number of aliphatic carboxylic acids is 1. The molecular formula is C36H44F4N4O4. The van der Waals surface area contributed by atoms with Gasteiger partial charge in [0, 0.05) is 31.4 Å². The van der Waals surface area contributed by atoms with Crippen LogP contribution in [0.25, 0.3) is 11.1 Å². The largest absolute Gasteiger partial charge is 0.481 e. The van der Waals surface area contributed by atoms with E-state index in [1.54, 1.807) is 38.2 Å². The lowest BCUT2D eigenvalue weighted by atomic mass is 9.90. The van der Waals surface area contributed by atoms with Crippen LogP contribution in [0.2, 0.25) is 0 Å². The van der Waals surface area contributed by atoms with Crippen LogP contribution >= 0.6 is 0 Å². The molecule has 0 bridgehead atoms. The van der Waals surface area contributed by atoms with Gasteiger partial charge in [-0.2, -0.15) is 4.98 Å². The minimum atomic E-state index is -3.21. The number of aryl methyl sites for hydroxylation is 2. The molecule has 0 radical (unpaired) electrons. The molecule has 0 aliphatic carbocycles. The van der Waals surface area contributed by atoms with Crippen LogP contribution in [0.5, 0.6) is 0 Å². The Morgan fingerprint density at radius 2 is 1.69 bits per heavy atom. The predicted molar refractivity (Wildman–Crippen MR) is 176 cm³/mol. The highest BCUT2D eigenvalue weighted by atomic mass is 19.3. The summed E-state index contributed by atoms with van der Waals surface area (Å²) in [5.41, 5.74) is 1.62. The van der Waals surface area contributed by atoms with Crippen LogP contribution in [0.15, 0.2) is 41.3 Å². The van der Waals surface area contributed by atoms with Gasteiger partial charge in [-0.1, -0.05) is 45.9 Å². The summed E-state index contributed by atoms with van der Waals surface area (Å²) >= 11 is 0. The molecule has 1 aliphatic rings. The van der Waals surface area contributed by atoms with Crippen LogP contribution in [0.4, 0.5) is 17.6 Å². The van der Waals surface area contributed by atoms with Gasteiger partial charge in [0.15, 0.2) is 0 Å². The van der Waals surface area contributed by atoms with E-state index in [1.165, 1.54) is 10.6 Å². The zero-order valence-corrected chi connectivity index (χ0v) is 28.2. The summed E-state index contributed by atoms with van der Waals surface area (Å²) in [7, 11) is 0. The van der Waals surface area contributed by atoms with Crippen LogP contribution in [-0.4, -0.2) is 57.2 Å². The molecule has 1 saturated heterocycles. The third kappa shape index (κ3) is 8.50. The number of aromatic nitrogens is 2. The molecule has 1 aliphatic heterocycles. The third-order valence-corrected chi connectivity index (χ3v) is 8.76. The Morgan fingerprint density at radius 3 is 2.23 bits per heavy atom. The van der Waals surface area contributed by atoms with Crippen LogP contribution in [0, 0.1) is 25.6 Å². The number of rotatable bonds is 14. The van der Waals surface area contributed by atoms with E-state index in [-0.39, 0.29) is 23.8 Å². The molecule has 0 saturated carbocycles. The molecule has 260 valence electrons. The SMILES string of the molecule is Cc1cccc(C)c1-c1cc(C(F)F)c(F)c([C@H](CC(=O)O)NC(=O)[C@H](CC(C)C)n2cc(CCN3CC(F)C3)c(C(C)C)nc2=O)c1. The zero-order chi connectivity index (χ0) is 35.4. The molecule has 2 atom stereocenters. The summed E-state index contributed by atoms with van der Waals surface area (Å²) in [6.45, 7) is 12.2. The van der Waals surface area contributed by atoms with Crippen molar-refractivity contribution in [1.82, 2.24) is 19.8 Å². The summed E-state index contributed by atoms with van der Waals surface area (Å²) < 4.78 is 58.9. The Hall–Kier alpha value is -4.06. The summed E-state index contributed by atoms with van der Waals surface area (Å²) in [6, 6.07) is 5.03. The molecule has 12 heteroatoms. The van der Waals surface area contributed by atoms with Crippen LogP contribution in [0.3, 0.4) is 0 Å². The molecule has 1 amide bonds. The minimum Gasteiger partial charge on any atom is -0.481 e. The molecule has 1 fully saturated rings. The van der Waals surface area contributed by atoms with Crippen molar-refractivity contribution in [3.63, 3.8) is 0 Å². The second-order valence-corrected chi connectivity index (χ2v) is 13.4. The first kappa shape index (κ1) is 36.8. The molecule has 2 aromatic carbocycles. The Bertz CT molecular complexity index is 1680. The third-order valence-electron chi connectivity index (χ3n) is 8.76. The Balaban J connectivity index is 1.78. The maximum absolute atomic E-state index is 15.8. The molecule has 2 N–H and O–H groups in total. The van der Waals surface area contributed by atoms with Crippen molar-refractivity contribution in [2.75, 3.05) is 19.6 Å². The highest BCUT2D eigenvalue weighted by Gasteiger charge is 2.32. The van der Waals surface area contributed by atoms with Gasteiger partial charge in [-0.3, -0.25) is 19.1 Å². The van der Waals surface area contributed by atoms with Crippen molar-refractivity contribution in [1.29, 1.82) is 0 Å². The maximum Gasteiger partial charge on any atom is 0.348 e. The van der Waals surface area contributed by atoms with Gasteiger partial charge >= 0.3 is 11.7 Å². The predicted octanol–water partition coefficient (Wildman–Crippen LogP) is 6.84. The number of carbonyl (C=O) groups excluding carboxylic acids is 1. The van der Waals surface area contributed by atoms with Gasteiger partial charge in [0.2, 0.25) is 5.91 Å². The maximum atomic E-state index is 15.8. The average Bonchev–Trinajstić information content (AvgIpc) is 2.97. The number of amides is 1.